The van der Waals surface area contributed by atoms with Crippen LogP contribution in [0.25, 0.3) is 0 Å². The molecule has 138 valence electrons. The number of imidazole rings is 1. The number of carbonyl (C=O) groups excluding carboxylic acids is 1. The van der Waals surface area contributed by atoms with E-state index >= 15 is 0 Å². The molecule has 2 aliphatic rings. The van der Waals surface area contributed by atoms with E-state index in [1.807, 2.05) is 28.8 Å². The van der Waals surface area contributed by atoms with Crippen LogP contribution < -0.4 is 5.32 Å². The normalized spacial score (nSPS) is 25.1. The molecule has 3 heterocycles. The number of amides is 2. The summed E-state index contributed by atoms with van der Waals surface area (Å²) in [6.07, 6.45) is 5.44. The summed E-state index contributed by atoms with van der Waals surface area (Å²) in [6.45, 7) is 2.84. The van der Waals surface area contributed by atoms with Gasteiger partial charge in [0.1, 0.15) is 0 Å². The van der Waals surface area contributed by atoms with Gasteiger partial charge in [-0.25, -0.2) is 9.78 Å². The zero-order chi connectivity index (χ0) is 17.9. The summed E-state index contributed by atoms with van der Waals surface area (Å²) < 4.78 is 7.66. The van der Waals surface area contributed by atoms with E-state index in [1.165, 1.54) is 5.56 Å². The number of rotatable bonds is 4. The first-order valence-electron chi connectivity index (χ1n) is 9.36. The van der Waals surface area contributed by atoms with Crippen LogP contribution in [0.4, 0.5) is 4.79 Å². The van der Waals surface area contributed by atoms with E-state index in [0.29, 0.717) is 18.4 Å². The lowest BCUT2D eigenvalue weighted by molar-refractivity contribution is 0.0262. The van der Waals surface area contributed by atoms with Gasteiger partial charge in [-0.2, -0.15) is 0 Å². The fourth-order valence-electron chi connectivity index (χ4n) is 4.28. The minimum atomic E-state index is 0.0382. The highest BCUT2D eigenvalue weighted by atomic mass is 16.5. The van der Waals surface area contributed by atoms with E-state index in [-0.39, 0.29) is 12.1 Å². The van der Waals surface area contributed by atoms with E-state index in [2.05, 4.69) is 34.6 Å². The Hall–Kier alpha value is -2.34. The van der Waals surface area contributed by atoms with Crippen LogP contribution in [0, 0.1) is 5.92 Å². The third-order valence-electron chi connectivity index (χ3n) is 5.58. The Morgan fingerprint density at radius 2 is 2.19 bits per heavy atom. The molecule has 0 radical (unpaired) electrons. The number of hydrogen-bond donors (Lipinski definition) is 1. The zero-order valence-corrected chi connectivity index (χ0v) is 15.2. The van der Waals surface area contributed by atoms with Gasteiger partial charge in [-0.05, 0) is 12.0 Å². The van der Waals surface area contributed by atoms with Crippen LogP contribution in [-0.4, -0.2) is 52.8 Å². The number of aromatic nitrogens is 2. The Bertz CT molecular complexity index is 745. The van der Waals surface area contributed by atoms with Gasteiger partial charge in [0.05, 0.1) is 18.6 Å². The van der Waals surface area contributed by atoms with Crippen molar-refractivity contribution in [1.82, 2.24) is 19.8 Å². The lowest BCUT2D eigenvalue weighted by atomic mass is 9.84. The minimum absolute atomic E-state index is 0.0382. The Morgan fingerprint density at radius 1 is 1.35 bits per heavy atom. The quantitative estimate of drug-likeness (QED) is 0.915. The predicted molar refractivity (Wildman–Crippen MR) is 98.9 cm³/mol. The van der Waals surface area contributed by atoms with E-state index in [0.717, 1.165) is 38.3 Å². The summed E-state index contributed by atoms with van der Waals surface area (Å²) in [7, 11) is 1.95. The van der Waals surface area contributed by atoms with Gasteiger partial charge < -0.3 is 19.5 Å². The van der Waals surface area contributed by atoms with Gasteiger partial charge in [-0.1, -0.05) is 30.3 Å². The van der Waals surface area contributed by atoms with Crippen LogP contribution in [0.1, 0.15) is 23.6 Å². The van der Waals surface area contributed by atoms with Crippen molar-refractivity contribution in [3.63, 3.8) is 0 Å². The molecule has 4 rings (SSSR count). The number of urea groups is 1. The number of fused-ring (bicyclic) bond motifs is 1. The fraction of sp³-hybridized carbons (Fsp3) is 0.500. The Balaban J connectivity index is 1.41. The monoisotopic (exact) mass is 354 g/mol. The first-order valence-corrected chi connectivity index (χ1v) is 9.36. The largest absolute Gasteiger partial charge is 0.381 e. The van der Waals surface area contributed by atoms with E-state index < -0.39 is 0 Å². The number of likely N-dealkylation sites (tertiary alicyclic amines) is 1. The number of nitrogens with one attached hydrogen (secondary N) is 1. The first-order chi connectivity index (χ1) is 12.7. The van der Waals surface area contributed by atoms with Gasteiger partial charge in [0.25, 0.3) is 0 Å². The summed E-state index contributed by atoms with van der Waals surface area (Å²) in [5, 5.41) is 3.08. The van der Waals surface area contributed by atoms with Crippen LogP contribution in [-0.2, 0) is 18.2 Å². The maximum Gasteiger partial charge on any atom is 0.317 e. The first kappa shape index (κ1) is 17.1. The van der Waals surface area contributed by atoms with E-state index in [1.54, 1.807) is 6.33 Å². The Kier molecular flexibility index (Phi) is 4.93. The molecule has 0 saturated carbocycles. The second-order valence-corrected chi connectivity index (χ2v) is 7.28. The highest BCUT2D eigenvalue weighted by Gasteiger charge is 2.45. The molecule has 3 atom stereocenters. The van der Waals surface area contributed by atoms with Gasteiger partial charge in [-0.3, -0.25) is 0 Å². The molecule has 1 N–H and O–H groups in total. The number of hydrogen-bond acceptors (Lipinski definition) is 3. The molecule has 0 spiro atoms. The van der Waals surface area contributed by atoms with Crippen LogP contribution >= 0.6 is 0 Å². The summed E-state index contributed by atoms with van der Waals surface area (Å²) >= 11 is 0. The molecule has 3 unspecified atom stereocenters. The molecule has 2 fully saturated rings. The number of aryl methyl sites for hydroxylation is 1. The maximum absolute atomic E-state index is 12.8. The van der Waals surface area contributed by atoms with Crippen LogP contribution in [0.3, 0.4) is 0 Å². The summed E-state index contributed by atoms with van der Waals surface area (Å²) in [6, 6.07) is 10.8. The number of benzene rings is 1. The zero-order valence-electron chi connectivity index (χ0n) is 15.2. The summed E-state index contributed by atoms with van der Waals surface area (Å²) in [5.41, 5.74) is 2.30. The van der Waals surface area contributed by atoms with Crippen LogP contribution in [0.15, 0.2) is 42.9 Å². The summed E-state index contributed by atoms with van der Waals surface area (Å²) in [4.78, 5) is 19.2. The topological polar surface area (TPSA) is 59.4 Å². The van der Waals surface area contributed by atoms with Gasteiger partial charge >= 0.3 is 6.03 Å². The lowest BCUT2D eigenvalue weighted by Crippen LogP contribution is -2.47. The molecule has 6 heteroatoms. The average Bonchev–Trinajstić information content (AvgIpc) is 3.26. The van der Waals surface area contributed by atoms with Gasteiger partial charge in [-0.15, -0.1) is 0 Å². The van der Waals surface area contributed by atoms with Crippen molar-refractivity contribution in [2.24, 2.45) is 13.0 Å². The van der Waals surface area contributed by atoms with Gasteiger partial charge in [0, 0.05) is 57.2 Å². The summed E-state index contributed by atoms with van der Waals surface area (Å²) in [5.74, 6) is 0.732. The molecule has 1 aromatic heterocycles. The van der Waals surface area contributed by atoms with Crippen LogP contribution in [0.5, 0.6) is 0 Å². The highest BCUT2D eigenvalue weighted by molar-refractivity contribution is 5.75. The minimum Gasteiger partial charge on any atom is -0.381 e. The molecule has 26 heavy (non-hydrogen) atoms. The standard InChI is InChI=1S/C20H26N4O2/c1-23-11-16(22-14-23)7-9-21-20(25)24-12-17(15-5-3-2-4-6-15)18-13-26-10-8-19(18)24/h2-6,11,14,17-19H,7-10,12-13H2,1H3,(H,21,25). The third kappa shape index (κ3) is 3.46. The van der Waals surface area contributed by atoms with Crippen molar-refractivity contribution in [2.75, 3.05) is 26.3 Å². The fourth-order valence-corrected chi connectivity index (χ4v) is 4.28. The SMILES string of the molecule is Cn1cnc(CCNC(=O)N2CC(c3ccccc3)C3COCCC32)c1. The molecule has 2 amide bonds. The van der Waals surface area contributed by atoms with Crippen molar-refractivity contribution >= 4 is 6.03 Å². The maximum atomic E-state index is 12.8. The third-order valence-corrected chi connectivity index (χ3v) is 5.58. The lowest BCUT2D eigenvalue weighted by Gasteiger charge is -2.32. The van der Waals surface area contributed by atoms with Crippen molar-refractivity contribution in [3.8, 4) is 0 Å². The predicted octanol–water partition coefficient (Wildman–Crippen LogP) is 2.18. The molecule has 0 bridgehead atoms. The van der Waals surface area contributed by atoms with Crippen molar-refractivity contribution in [3.05, 3.63) is 54.1 Å². The molecule has 0 aliphatic carbocycles. The van der Waals surface area contributed by atoms with Gasteiger partial charge in [0.2, 0.25) is 0 Å². The van der Waals surface area contributed by atoms with Crippen molar-refractivity contribution in [2.45, 2.75) is 24.8 Å². The molecule has 6 nitrogen and oxygen atoms in total. The Morgan fingerprint density at radius 3 is 2.96 bits per heavy atom. The van der Waals surface area contributed by atoms with Gasteiger partial charge in [0.15, 0.2) is 0 Å². The van der Waals surface area contributed by atoms with Crippen molar-refractivity contribution in [1.29, 1.82) is 0 Å². The second-order valence-electron chi connectivity index (χ2n) is 7.28. The van der Waals surface area contributed by atoms with Crippen molar-refractivity contribution < 1.29 is 9.53 Å². The number of carbonyl (C=O) groups is 1. The number of nitrogens with zero attached hydrogens (tertiary/aromatic N) is 3. The average molecular weight is 354 g/mol. The molecule has 1 aromatic carbocycles. The molecule has 2 aliphatic heterocycles. The van der Waals surface area contributed by atoms with Crippen LogP contribution in [0.2, 0.25) is 0 Å². The number of ether oxygens (including phenoxy) is 1. The Labute approximate surface area is 154 Å². The molecule has 2 saturated heterocycles. The second kappa shape index (κ2) is 7.50. The molecular weight excluding hydrogens is 328 g/mol. The smallest absolute Gasteiger partial charge is 0.317 e. The van der Waals surface area contributed by atoms with E-state index in [9.17, 15) is 4.79 Å². The van der Waals surface area contributed by atoms with E-state index in [4.69, 9.17) is 4.74 Å². The molecule has 2 aromatic rings. The molecular formula is C20H26N4O2. The highest BCUT2D eigenvalue weighted by Crippen LogP contribution is 2.40.